The molecule has 0 unspecified atom stereocenters. The van der Waals surface area contributed by atoms with Crippen LogP contribution in [-0.2, 0) is 15.8 Å². The summed E-state index contributed by atoms with van der Waals surface area (Å²) in [6, 6.07) is 10.8. The van der Waals surface area contributed by atoms with Gasteiger partial charge in [0.25, 0.3) is 10.0 Å². The van der Waals surface area contributed by atoms with Gasteiger partial charge in [0, 0.05) is 16.1 Å². The van der Waals surface area contributed by atoms with Crippen LogP contribution in [0.25, 0.3) is 0 Å². The van der Waals surface area contributed by atoms with Crippen LogP contribution in [0.1, 0.15) is 30.5 Å². The summed E-state index contributed by atoms with van der Waals surface area (Å²) < 4.78 is 40.0. The van der Waals surface area contributed by atoms with Crippen LogP contribution < -0.4 is 0 Å². The maximum Gasteiger partial charge on any atom is 0.254 e. The Kier molecular flexibility index (Phi) is 5.16. The fourth-order valence-corrected chi connectivity index (χ4v) is 4.10. The first kappa shape index (κ1) is 18.6. The molecule has 0 amide bonds. The lowest BCUT2D eigenvalue weighted by molar-refractivity contribution is 0.463. The van der Waals surface area contributed by atoms with Crippen LogP contribution in [0.3, 0.4) is 0 Å². The summed E-state index contributed by atoms with van der Waals surface area (Å²) in [5.74, 6) is -0.548. The van der Waals surface area contributed by atoms with Crippen molar-refractivity contribution in [2.24, 2.45) is 5.10 Å². The Morgan fingerprint density at radius 1 is 1.23 bits per heavy atom. The largest absolute Gasteiger partial charge is 0.254 e. The van der Waals surface area contributed by atoms with E-state index < -0.39 is 10.0 Å². The minimum absolute atomic E-state index is 0.136. The third-order valence-electron chi connectivity index (χ3n) is 3.97. The van der Waals surface area contributed by atoms with E-state index in [-0.39, 0.29) is 18.1 Å². The summed E-state index contributed by atoms with van der Waals surface area (Å²) in [6.45, 7) is 3.92. The quantitative estimate of drug-likeness (QED) is 0.729. The Balaban J connectivity index is 2.22. The van der Waals surface area contributed by atoms with Gasteiger partial charge in [-0.05, 0) is 55.8 Å². The number of hydrogen-bond donors (Lipinski definition) is 0. The van der Waals surface area contributed by atoms with Crippen molar-refractivity contribution in [1.29, 1.82) is 0 Å². The SMILES string of the molecule is CC(C)=CCN1N=C(c2ccc(F)cc2)c2cc(Cl)ccc2CS1(=O)=O. The summed E-state index contributed by atoms with van der Waals surface area (Å²) in [5, 5.41) is 4.90. The Bertz CT molecular complexity index is 995. The van der Waals surface area contributed by atoms with E-state index in [1.165, 1.54) is 12.1 Å². The van der Waals surface area contributed by atoms with E-state index in [1.807, 2.05) is 13.8 Å². The molecule has 0 atom stereocenters. The second kappa shape index (κ2) is 7.21. The number of hydrogen-bond acceptors (Lipinski definition) is 3. The van der Waals surface area contributed by atoms with E-state index >= 15 is 0 Å². The Morgan fingerprint density at radius 3 is 2.58 bits per heavy atom. The molecular weight excluding hydrogens is 375 g/mol. The van der Waals surface area contributed by atoms with Crippen molar-refractivity contribution < 1.29 is 12.8 Å². The first-order valence-corrected chi connectivity index (χ1v) is 10.0. The van der Waals surface area contributed by atoms with Crippen molar-refractivity contribution in [3.63, 3.8) is 0 Å². The highest BCUT2D eigenvalue weighted by Gasteiger charge is 2.28. The number of nitrogens with zero attached hydrogens (tertiary/aromatic N) is 2. The predicted octanol–water partition coefficient (Wildman–Crippen LogP) is 4.34. The molecule has 1 aliphatic rings. The molecular formula is C19H18ClFN2O2S. The average Bonchev–Trinajstić information content (AvgIpc) is 2.67. The summed E-state index contributed by atoms with van der Waals surface area (Å²) in [5.41, 5.74) is 3.30. The summed E-state index contributed by atoms with van der Waals surface area (Å²) in [4.78, 5) is 0. The fourth-order valence-electron chi connectivity index (χ4n) is 2.63. The molecule has 0 bridgehead atoms. The van der Waals surface area contributed by atoms with Crippen LogP contribution in [0.15, 0.2) is 59.2 Å². The van der Waals surface area contributed by atoms with Crippen molar-refractivity contribution in [2.75, 3.05) is 6.54 Å². The van der Waals surface area contributed by atoms with E-state index in [1.54, 1.807) is 36.4 Å². The highest BCUT2D eigenvalue weighted by atomic mass is 35.5. The second-order valence-electron chi connectivity index (χ2n) is 6.30. The van der Waals surface area contributed by atoms with Crippen molar-refractivity contribution in [2.45, 2.75) is 19.6 Å². The monoisotopic (exact) mass is 392 g/mol. The van der Waals surface area contributed by atoms with Gasteiger partial charge in [0.1, 0.15) is 5.82 Å². The number of benzene rings is 2. The van der Waals surface area contributed by atoms with Gasteiger partial charge >= 0.3 is 0 Å². The summed E-state index contributed by atoms with van der Waals surface area (Å²) in [7, 11) is -3.65. The maximum absolute atomic E-state index is 13.3. The lowest BCUT2D eigenvalue weighted by atomic mass is 9.98. The van der Waals surface area contributed by atoms with Crippen molar-refractivity contribution >= 4 is 27.3 Å². The van der Waals surface area contributed by atoms with Crippen molar-refractivity contribution in [1.82, 2.24) is 4.41 Å². The molecule has 0 saturated carbocycles. The third kappa shape index (κ3) is 3.97. The Hall–Kier alpha value is -2.18. The van der Waals surface area contributed by atoms with E-state index in [4.69, 9.17) is 11.6 Å². The molecule has 0 aliphatic carbocycles. The zero-order chi connectivity index (χ0) is 18.9. The van der Waals surface area contributed by atoms with Crippen LogP contribution in [-0.4, -0.2) is 25.1 Å². The van der Waals surface area contributed by atoms with Crippen molar-refractivity contribution in [3.05, 3.63) is 81.6 Å². The average molecular weight is 393 g/mol. The number of fused-ring (bicyclic) bond motifs is 1. The first-order valence-electron chi connectivity index (χ1n) is 8.03. The Labute approximate surface area is 157 Å². The first-order chi connectivity index (χ1) is 12.3. The highest BCUT2D eigenvalue weighted by molar-refractivity contribution is 7.88. The van der Waals surface area contributed by atoms with Gasteiger partial charge in [0.05, 0.1) is 18.0 Å². The number of allylic oxidation sites excluding steroid dienone is 1. The minimum atomic E-state index is -3.65. The van der Waals surface area contributed by atoms with Crippen LogP contribution in [0.4, 0.5) is 4.39 Å². The van der Waals surface area contributed by atoms with E-state index in [2.05, 4.69) is 5.10 Å². The van der Waals surface area contributed by atoms with Gasteiger partial charge in [-0.2, -0.15) is 9.52 Å². The van der Waals surface area contributed by atoms with Gasteiger partial charge in [-0.25, -0.2) is 12.8 Å². The van der Waals surface area contributed by atoms with Gasteiger partial charge in [-0.15, -0.1) is 0 Å². The zero-order valence-electron chi connectivity index (χ0n) is 14.4. The van der Waals surface area contributed by atoms with E-state index in [9.17, 15) is 12.8 Å². The molecule has 0 radical (unpaired) electrons. The molecule has 2 aromatic rings. The molecule has 136 valence electrons. The van der Waals surface area contributed by atoms with Crippen LogP contribution in [0.5, 0.6) is 0 Å². The third-order valence-corrected chi connectivity index (χ3v) is 5.75. The molecule has 1 aliphatic heterocycles. The van der Waals surface area contributed by atoms with Crippen LogP contribution in [0.2, 0.25) is 5.02 Å². The van der Waals surface area contributed by atoms with Crippen LogP contribution >= 0.6 is 11.6 Å². The summed E-state index contributed by atoms with van der Waals surface area (Å²) >= 11 is 6.13. The van der Waals surface area contributed by atoms with Gasteiger partial charge < -0.3 is 0 Å². The highest BCUT2D eigenvalue weighted by Crippen LogP contribution is 2.27. The fraction of sp³-hybridized carbons (Fsp3) is 0.211. The lowest BCUT2D eigenvalue weighted by Gasteiger charge is -2.16. The van der Waals surface area contributed by atoms with E-state index in [0.717, 1.165) is 9.99 Å². The molecule has 0 fully saturated rings. The molecule has 2 aromatic carbocycles. The normalized spacial score (nSPS) is 15.7. The molecule has 7 heteroatoms. The standard InChI is InChI=1S/C19H18ClFN2O2S/c1-13(2)9-10-23-22-19(14-4-7-17(21)8-5-14)18-11-16(20)6-3-15(18)12-26(23,24)25/h3-9,11H,10,12H2,1-2H3. The number of rotatable bonds is 3. The lowest BCUT2D eigenvalue weighted by Crippen LogP contribution is -2.27. The molecule has 0 aromatic heterocycles. The second-order valence-corrected chi connectivity index (χ2v) is 8.61. The van der Waals surface area contributed by atoms with Gasteiger partial charge in [-0.1, -0.05) is 29.3 Å². The molecule has 0 saturated heterocycles. The van der Waals surface area contributed by atoms with E-state index in [0.29, 0.717) is 27.4 Å². The van der Waals surface area contributed by atoms with Crippen LogP contribution in [0, 0.1) is 5.82 Å². The molecule has 26 heavy (non-hydrogen) atoms. The smallest absolute Gasteiger partial charge is 0.207 e. The number of hydrazone groups is 1. The number of sulfonamides is 1. The molecule has 4 nitrogen and oxygen atoms in total. The van der Waals surface area contributed by atoms with Gasteiger partial charge in [-0.3, -0.25) is 0 Å². The summed E-state index contributed by atoms with van der Waals surface area (Å²) in [6.07, 6.45) is 1.80. The molecule has 0 spiro atoms. The van der Waals surface area contributed by atoms with Gasteiger partial charge in [0.15, 0.2) is 0 Å². The molecule has 3 rings (SSSR count). The minimum Gasteiger partial charge on any atom is -0.207 e. The zero-order valence-corrected chi connectivity index (χ0v) is 16.0. The van der Waals surface area contributed by atoms with Crippen molar-refractivity contribution in [3.8, 4) is 0 Å². The maximum atomic E-state index is 13.3. The Morgan fingerprint density at radius 2 is 1.92 bits per heavy atom. The topological polar surface area (TPSA) is 49.7 Å². The molecule has 0 N–H and O–H groups in total. The molecule has 1 heterocycles. The predicted molar refractivity (Wildman–Crippen MR) is 102 cm³/mol. The van der Waals surface area contributed by atoms with Gasteiger partial charge in [0.2, 0.25) is 0 Å². The number of halogens is 2.